The number of hydrogen-bond acceptors (Lipinski definition) is 3. The number of likely N-dealkylation sites (N-methyl/N-ethyl adjacent to an activating group) is 1. The molecule has 2 aliphatic rings. The number of hydrogen-bond donors (Lipinski definition) is 1. The summed E-state index contributed by atoms with van der Waals surface area (Å²) in [7, 11) is 3.89. The van der Waals surface area contributed by atoms with Gasteiger partial charge in [-0.1, -0.05) is 18.6 Å². The van der Waals surface area contributed by atoms with Crippen molar-refractivity contribution < 1.29 is 9.84 Å². The van der Waals surface area contributed by atoms with Crippen molar-refractivity contribution in [2.24, 2.45) is 0 Å². The minimum Gasteiger partial charge on any atom is -0.496 e. The predicted octanol–water partition coefficient (Wildman–Crippen LogP) is 2.83. The van der Waals surface area contributed by atoms with Crippen LogP contribution in [0.2, 0.25) is 0 Å². The fourth-order valence-electron chi connectivity index (χ4n) is 3.56. The van der Waals surface area contributed by atoms with Gasteiger partial charge in [-0.25, -0.2) is 0 Å². The first-order chi connectivity index (χ1) is 9.72. The number of aliphatic hydroxyl groups is 1. The van der Waals surface area contributed by atoms with Crippen LogP contribution in [0.1, 0.15) is 36.8 Å². The van der Waals surface area contributed by atoms with Crippen LogP contribution in [0.5, 0.6) is 5.75 Å². The Bertz CT molecular complexity index is 524. The summed E-state index contributed by atoms with van der Waals surface area (Å²) in [6.45, 7) is 0.0249. The van der Waals surface area contributed by atoms with E-state index in [1.807, 2.05) is 6.07 Å². The molecule has 1 aromatic carbocycles. The average molecular weight is 273 g/mol. The number of aliphatic hydroxyl groups excluding tert-OH is 1. The van der Waals surface area contributed by atoms with E-state index in [2.05, 4.69) is 30.2 Å². The number of ether oxygens (including phenoxy) is 1. The Labute approximate surface area is 120 Å². The molecule has 0 aromatic heterocycles. The topological polar surface area (TPSA) is 32.7 Å². The van der Waals surface area contributed by atoms with Crippen LogP contribution in [0.25, 0.3) is 5.57 Å². The molecule has 2 unspecified atom stereocenters. The van der Waals surface area contributed by atoms with Gasteiger partial charge in [0.15, 0.2) is 0 Å². The van der Waals surface area contributed by atoms with Crippen molar-refractivity contribution in [1.29, 1.82) is 0 Å². The van der Waals surface area contributed by atoms with Crippen molar-refractivity contribution in [1.82, 2.24) is 4.90 Å². The van der Waals surface area contributed by atoms with E-state index in [1.54, 1.807) is 7.11 Å². The summed E-state index contributed by atoms with van der Waals surface area (Å²) in [4.78, 5) is 2.52. The zero-order valence-electron chi connectivity index (χ0n) is 12.3. The molecule has 0 saturated carbocycles. The Kier molecular flexibility index (Phi) is 3.81. The largest absolute Gasteiger partial charge is 0.496 e. The molecule has 2 heterocycles. The van der Waals surface area contributed by atoms with E-state index in [0.717, 1.165) is 17.7 Å². The SMILES string of the molecule is COc1ccc(C2=CC3CCCC(C2)N3C)cc1CO. The minimum absolute atomic E-state index is 0.0249. The second-order valence-corrected chi connectivity index (χ2v) is 5.90. The molecule has 0 amide bonds. The molecule has 108 valence electrons. The third-order valence-electron chi connectivity index (χ3n) is 4.81. The Morgan fingerprint density at radius 3 is 2.90 bits per heavy atom. The van der Waals surface area contributed by atoms with Crippen molar-refractivity contribution in [3.8, 4) is 5.75 Å². The van der Waals surface area contributed by atoms with E-state index in [1.165, 1.54) is 30.4 Å². The fourth-order valence-corrected chi connectivity index (χ4v) is 3.56. The van der Waals surface area contributed by atoms with Crippen LogP contribution >= 0.6 is 0 Å². The molecule has 1 saturated heterocycles. The molecule has 1 fully saturated rings. The average Bonchev–Trinajstić information content (AvgIpc) is 2.46. The molecule has 3 heteroatoms. The van der Waals surface area contributed by atoms with Gasteiger partial charge in [-0.15, -0.1) is 0 Å². The van der Waals surface area contributed by atoms with E-state index in [4.69, 9.17) is 4.74 Å². The highest BCUT2D eigenvalue weighted by molar-refractivity contribution is 5.69. The lowest BCUT2D eigenvalue weighted by Gasteiger charge is -2.43. The standard InChI is InChI=1S/C17H23NO2/c1-18-15-4-3-5-16(18)10-13(9-15)12-6-7-17(20-2)14(8-12)11-19/h6-9,15-16,19H,3-5,10-11H2,1-2H3. The molecule has 2 bridgehead atoms. The van der Waals surface area contributed by atoms with Crippen LogP contribution in [0, 0.1) is 0 Å². The zero-order valence-corrected chi connectivity index (χ0v) is 12.3. The number of nitrogens with zero attached hydrogens (tertiary/aromatic N) is 1. The molecule has 2 atom stereocenters. The fraction of sp³-hybridized carbons (Fsp3) is 0.529. The summed E-state index contributed by atoms with van der Waals surface area (Å²) in [6.07, 6.45) is 7.43. The van der Waals surface area contributed by atoms with E-state index >= 15 is 0 Å². The van der Waals surface area contributed by atoms with Crippen LogP contribution in [-0.2, 0) is 6.61 Å². The lowest BCUT2D eigenvalue weighted by molar-refractivity contribution is 0.137. The molecule has 0 spiro atoms. The monoisotopic (exact) mass is 273 g/mol. The highest BCUT2D eigenvalue weighted by atomic mass is 16.5. The molecule has 1 aromatic rings. The van der Waals surface area contributed by atoms with E-state index in [9.17, 15) is 5.11 Å². The first-order valence-electron chi connectivity index (χ1n) is 7.43. The summed E-state index contributed by atoms with van der Waals surface area (Å²) >= 11 is 0. The summed E-state index contributed by atoms with van der Waals surface area (Å²) in [5.74, 6) is 0.768. The lowest BCUT2D eigenvalue weighted by Crippen LogP contribution is -2.45. The van der Waals surface area contributed by atoms with Crippen LogP contribution in [-0.4, -0.2) is 36.2 Å². The van der Waals surface area contributed by atoms with Crippen molar-refractivity contribution in [3.05, 3.63) is 35.4 Å². The minimum atomic E-state index is 0.0249. The van der Waals surface area contributed by atoms with Crippen molar-refractivity contribution in [2.75, 3.05) is 14.2 Å². The molecule has 0 radical (unpaired) electrons. The Hall–Kier alpha value is -1.32. The van der Waals surface area contributed by atoms with Gasteiger partial charge in [0.1, 0.15) is 5.75 Å². The number of rotatable bonds is 3. The normalized spacial score (nSPS) is 26.2. The number of piperidine rings is 1. The van der Waals surface area contributed by atoms with Crippen LogP contribution in [0.3, 0.4) is 0 Å². The molecule has 2 aliphatic heterocycles. The first kappa shape index (κ1) is 13.7. The van der Waals surface area contributed by atoms with E-state index in [0.29, 0.717) is 12.1 Å². The summed E-state index contributed by atoms with van der Waals surface area (Å²) < 4.78 is 5.28. The van der Waals surface area contributed by atoms with Crippen molar-refractivity contribution >= 4 is 5.57 Å². The maximum atomic E-state index is 9.47. The van der Waals surface area contributed by atoms with Crippen LogP contribution in [0.15, 0.2) is 24.3 Å². The lowest BCUT2D eigenvalue weighted by atomic mass is 9.83. The van der Waals surface area contributed by atoms with Crippen LogP contribution < -0.4 is 4.74 Å². The Morgan fingerprint density at radius 1 is 1.35 bits per heavy atom. The van der Waals surface area contributed by atoms with Gasteiger partial charge >= 0.3 is 0 Å². The molecule has 20 heavy (non-hydrogen) atoms. The summed E-state index contributed by atoms with van der Waals surface area (Å²) in [5, 5.41) is 9.47. The maximum Gasteiger partial charge on any atom is 0.124 e. The van der Waals surface area contributed by atoms with Crippen molar-refractivity contribution in [2.45, 2.75) is 44.4 Å². The van der Waals surface area contributed by atoms with Crippen LogP contribution in [0.4, 0.5) is 0 Å². The van der Waals surface area contributed by atoms with Gasteiger partial charge in [0.25, 0.3) is 0 Å². The molecular formula is C17H23NO2. The second-order valence-electron chi connectivity index (χ2n) is 5.90. The predicted molar refractivity (Wildman–Crippen MR) is 80.7 cm³/mol. The number of fused-ring (bicyclic) bond motifs is 2. The highest BCUT2D eigenvalue weighted by Crippen LogP contribution is 2.37. The third-order valence-corrected chi connectivity index (χ3v) is 4.81. The smallest absolute Gasteiger partial charge is 0.124 e. The molecule has 1 N–H and O–H groups in total. The molecule has 0 aliphatic carbocycles. The first-order valence-corrected chi connectivity index (χ1v) is 7.43. The number of methoxy groups -OCH3 is 1. The van der Waals surface area contributed by atoms with Gasteiger partial charge in [-0.2, -0.15) is 0 Å². The van der Waals surface area contributed by atoms with Gasteiger partial charge in [-0.05, 0) is 49.6 Å². The quantitative estimate of drug-likeness (QED) is 0.919. The number of benzene rings is 1. The highest BCUT2D eigenvalue weighted by Gasteiger charge is 2.31. The Balaban J connectivity index is 1.93. The second kappa shape index (κ2) is 5.58. The van der Waals surface area contributed by atoms with Gasteiger partial charge < -0.3 is 9.84 Å². The molecule has 3 rings (SSSR count). The molecular weight excluding hydrogens is 250 g/mol. The summed E-state index contributed by atoms with van der Waals surface area (Å²) in [6, 6.07) is 7.41. The van der Waals surface area contributed by atoms with E-state index in [-0.39, 0.29) is 6.61 Å². The summed E-state index contributed by atoms with van der Waals surface area (Å²) in [5.41, 5.74) is 3.53. The van der Waals surface area contributed by atoms with Gasteiger partial charge in [0.2, 0.25) is 0 Å². The van der Waals surface area contributed by atoms with Gasteiger partial charge in [0, 0.05) is 17.6 Å². The Morgan fingerprint density at radius 2 is 2.20 bits per heavy atom. The molecule has 3 nitrogen and oxygen atoms in total. The zero-order chi connectivity index (χ0) is 14.1. The maximum absolute atomic E-state index is 9.47. The third kappa shape index (κ3) is 2.36. The van der Waals surface area contributed by atoms with Crippen molar-refractivity contribution in [3.63, 3.8) is 0 Å². The van der Waals surface area contributed by atoms with Gasteiger partial charge in [0.05, 0.1) is 13.7 Å². The van der Waals surface area contributed by atoms with Gasteiger partial charge in [-0.3, -0.25) is 4.90 Å². The van der Waals surface area contributed by atoms with E-state index < -0.39 is 0 Å².